The lowest BCUT2D eigenvalue weighted by Gasteiger charge is -2.33. The second-order valence-electron chi connectivity index (χ2n) is 5.41. The zero-order valence-corrected chi connectivity index (χ0v) is 13.7. The van der Waals surface area contributed by atoms with Crippen molar-refractivity contribution in [1.82, 2.24) is 5.32 Å². The Bertz CT molecular complexity index is 392. The van der Waals surface area contributed by atoms with Crippen LogP contribution in [0, 0.1) is 5.41 Å². The van der Waals surface area contributed by atoms with Crippen molar-refractivity contribution >= 4 is 23.2 Å². The first-order valence-electron chi connectivity index (χ1n) is 7.15. The van der Waals surface area contributed by atoms with E-state index in [0.29, 0.717) is 15.5 Å². The number of hydrogen-bond donors (Lipinski definition) is 1. The standard InChI is InChI=1S/C16H25Cl2N/c1-4-6-9-16(5-2,12-19-3)11-13-7-8-14(17)15(18)10-13/h7-8,10,19H,4-6,9,11-12H2,1-3H3. The molecular formula is C16H25Cl2N. The highest BCUT2D eigenvalue weighted by molar-refractivity contribution is 6.42. The molecule has 3 heteroatoms. The molecule has 1 nitrogen and oxygen atoms in total. The molecular weight excluding hydrogens is 277 g/mol. The quantitative estimate of drug-likeness (QED) is 0.683. The lowest BCUT2D eigenvalue weighted by molar-refractivity contribution is 0.235. The Balaban J connectivity index is 2.88. The van der Waals surface area contributed by atoms with Gasteiger partial charge in [-0.05, 0) is 49.4 Å². The van der Waals surface area contributed by atoms with Crippen LogP contribution in [-0.2, 0) is 6.42 Å². The largest absolute Gasteiger partial charge is 0.319 e. The third kappa shape index (κ3) is 4.98. The van der Waals surface area contributed by atoms with Gasteiger partial charge in [-0.25, -0.2) is 0 Å². The van der Waals surface area contributed by atoms with Crippen LogP contribution >= 0.6 is 23.2 Å². The molecule has 19 heavy (non-hydrogen) atoms. The highest BCUT2D eigenvalue weighted by atomic mass is 35.5. The molecule has 1 rings (SSSR count). The van der Waals surface area contributed by atoms with E-state index in [-0.39, 0.29) is 0 Å². The van der Waals surface area contributed by atoms with E-state index in [1.54, 1.807) is 0 Å². The average molecular weight is 302 g/mol. The summed E-state index contributed by atoms with van der Waals surface area (Å²) in [6, 6.07) is 6.01. The summed E-state index contributed by atoms with van der Waals surface area (Å²) in [5.41, 5.74) is 1.60. The van der Waals surface area contributed by atoms with Gasteiger partial charge in [-0.15, -0.1) is 0 Å². The summed E-state index contributed by atoms with van der Waals surface area (Å²) in [5, 5.41) is 4.65. The van der Waals surface area contributed by atoms with Gasteiger partial charge in [-0.2, -0.15) is 0 Å². The van der Waals surface area contributed by atoms with E-state index in [2.05, 4.69) is 25.2 Å². The van der Waals surface area contributed by atoms with Gasteiger partial charge in [0.2, 0.25) is 0 Å². The Morgan fingerprint density at radius 1 is 1.16 bits per heavy atom. The van der Waals surface area contributed by atoms with Crippen LogP contribution < -0.4 is 5.32 Å². The van der Waals surface area contributed by atoms with Crippen molar-refractivity contribution < 1.29 is 0 Å². The fraction of sp³-hybridized carbons (Fsp3) is 0.625. The fourth-order valence-corrected chi connectivity index (χ4v) is 3.00. The molecule has 1 unspecified atom stereocenters. The summed E-state index contributed by atoms with van der Waals surface area (Å²) in [5.74, 6) is 0. The predicted molar refractivity (Wildman–Crippen MR) is 86.3 cm³/mol. The number of rotatable bonds is 8. The number of unbranched alkanes of at least 4 members (excludes halogenated alkanes) is 1. The zero-order valence-electron chi connectivity index (χ0n) is 12.2. The minimum Gasteiger partial charge on any atom is -0.319 e. The molecule has 1 atom stereocenters. The predicted octanol–water partition coefficient (Wildman–Crippen LogP) is 5.34. The van der Waals surface area contributed by atoms with Gasteiger partial charge in [0, 0.05) is 6.54 Å². The van der Waals surface area contributed by atoms with Crippen LogP contribution in [0.3, 0.4) is 0 Å². The first kappa shape index (κ1) is 16.8. The van der Waals surface area contributed by atoms with Gasteiger partial charge in [0.05, 0.1) is 10.0 Å². The van der Waals surface area contributed by atoms with Crippen molar-refractivity contribution in [1.29, 1.82) is 0 Å². The molecule has 0 amide bonds. The fourth-order valence-electron chi connectivity index (χ4n) is 2.68. The summed E-state index contributed by atoms with van der Waals surface area (Å²) < 4.78 is 0. The normalized spacial score (nSPS) is 14.4. The summed E-state index contributed by atoms with van der Waals surface area (Å²) in [4.78, 5) is 0. The number of halogens is 2. The molecule has 1 aromatic rings. The van der Waals surface area contributed by atoms with Gasteiger partial charge in [0.1, 0.15) is 0 Å². The van der Waals surface area contributed by atoms with E-state index in [0.717, 1.165) is 13.0 Å². The maximum Gasteiger partial charge on any atom is 0.0595 e. The summed E-state index contributed by atoms with van der Waals surface area (Å²) in [6.45, 7) is 5.58. The highest BCUT2D eigenvalue weighted by Crippen LogP contribution is 2.34. The van der Waals surface area contributed by atoms with Crippen molar-refractivity contribution in [2.24, 2.45) is 5.41 Å². The van der Waals surface area contributed by atoms with Crippen LogP contribution in [0.1, 0.15) is 45.1 Å². The lowest BCUT2D eigenvalue weighted by Crippen LogP contribution is -2.34. The first-order chi connectivity index (χ1) is 9.06. The van der Waals surface area contributed by atoms with E-state index in [4.69, 9.17) is 23.2 Å². The molecule has 0 aromatic heterocycles. The van der Waals surface area contributed by atoms with Crippen molar-refractivity contribution in [3.63, 3.8) is 0 Å². The smallest absolute Gasteiger partial charge is 0.0595 e. The van der Waals surface area contributed by atoms with Crippen LogP contribution in [0.4, 0.5) is 0 Å². The zero-order chi connectivity index (χ0) is 14.3. The maximum absolute atomic E-state index is 6.12. The van der Waals surface area contributed by atoms with Crippen molar-refractivity contribution in [3.05, 3.63) is 33.8 Å². The molecule has 0 saturated heterocycles. The summed E-state index contributed by atoms with van der Waals surface area (Å²) in [6.07, 6.45) is 6.00. The Morgan fingerprint density at radius 3 is 2.42 bits per heavy atom. The van der Waals surface area contributed by atoms with E-state index >= 15 is 0 Å². The summed E-state index contributed by atoms with van der Waals surface area (Å²) in [7, 11) is 2.03. The van der Waals surface area contributed by atoms with Gasteiger partial charge in [0.25, 0.3) is 0 Å². The van der Waals surface area contributed by atoms with Crippen LogP contribution in [0.2, 0.25) is 10.0 Å². The molecule has 0 spiro atoms. The van der Waals surface area contributed by atoms with Gasteiger partial charge < -0.3 is 5.32 Å². The van der Waals surface area contributed by atoms with Crippen molar-refractivity contribution in [2.75, 3.05) is 13.6 Å². The molecule has 0 heterocycles. The SMILES string of the molecule is CCCCC(CC)(CNC)Cc1ccc(Cl)c(Cl)c1. The number of nitrogens with one attached hydrogen (secondary N) is 1. The van der Waals surface area contributed by atoms with E-state index in [1.165, 1.54) is 31.2 Å². The van der Waals surface area contributed by atoms with Gasteiger partial charge in [-0.1, -0.05) is 56.0 Å². The second-order valence-corrected chi connectivity index (χ2v) is 6.23. The molecule has 0 radical (unpaired) electrons. The Labute approximate surface area is 127 Å². The molecule has 108 valence electrons. The molecule has 1 N–H and O–H groups in total. The van der Waals surface area contributed by atoms with Crippen molar-refractivity contribution in [3.8, 4) is 0 Å². The van der Waals surface area contributed by atoms with E-state index in [1.807, 2.05) is 19.2 Å². The first-order valence-corrected chi connectivity index (χ1v) is 7.91. The lowest BCUT2D eigenvalue weighted by atomic mass is 9.75. The molecule has 0 bridgehead atoms. The Morgan fingerprint density at radius 2 is 1.89 bits per heavy atom. The maximum atomic E-state index is 6.12. The van der Waals surface area contributed by atoms with E-state index < -0.39 is 0 Å². The Hall–Kier alpha value is -0.240. The van der Waals surface area contributed by atoms with E-state index in [9.17, 15) is 0 Å². The van der Waals surface area contributed by atoms with Crippen LogP contribution in [0.5, 0.6) is 0 Å². The summed E-state index contributed by atoms with van der Waals surface area (Å²) >= 11 is 12.1. The van der Waals surface area contributed by atoms with Crippen LogP contribution in [0.15, 0.2) is 18.2 Å². The van der Waals surface area contributed by atoms with Crippen molar-refractivity contribution in [2.45, 2.75) is 46.0 Å². The topological polar surface area (TPSA) is 12.0 Å². The van der Waals surface area contributed by atoms with Gasteiger partial charge >= 0.3 is 0 Å². The molecule has 0 fully saturated rings. The molecule has 0 aliphatic heterocycles. The third-order valence-electron chi connectivity index (χ3n) is 3.93. The number of benzene rings is 1. The van der Waals surface area contributed by atoms with Gasteiger partial charge in [-0.3, -0.25) is 0 Å². The minimum atomic E-state index is 0.321. The van der Waals surface area contributed by atoms with Gasteiger partial charge in [0.15, 0.2) is 0 Å². The molecule has 1 aromatic carbocycles. The average Bonchev–Trinajstić information content (AvgIpc) is 2.40. The molecule has 0 aliphatic carbocycles. The monoisotopic (exact) mass is 301 g/mol. The van der Waals surface area contributed by atoms with Crippen LogP contribution in [-0.4, -0.2) is 13.6 Å². The number of hydrogen-bond acceptors (Lipinski definition) is 1. The highest BCUT2D eigenvalue weighted by Gasteiger charge is 2.27. The van der Waals surface area contributed by atoms with Crippen LogP contribution in [0.25, 0.3) is 0 Å². The molecule has 0 aliphatic rings. The molecule has 0 saturated carbocycles. The second kappa shape index (κ2) is 8.14. The third-order valence-corrected chi connectivity index (χ3v) is 4.66. The minimum absolute atomic E-state index is 0.321. The Kier molecular flexibility index (Phi) is 7.20.